The Labute approximate surface area is 176 Å². The van der Waals surface area contributed by atoms with Crippen LogP contribution in [0.4, 0.5) is 0 Å². The third-order valence-electron chi connectivity index (χ3n) is 7.29. The van der Waals surface area contributed by atoms with Crippen LogP contribution in [-0.4, -0.2) is 26.8 Å². The predicted octanol–water partition coefficient (Wildman–Crippen LogP) is 5.47. The predicted molar refractivity (Wildman–Crippen MR) is 118 cm³/mol. The Hall–Kier alpha value is -1.33. The molecular weight excluding hydrogens is 386 g/mol. The molecule has 1 aliphatic heterocycles. The van der Waals surface area contributed by atoms with E-state index < -0.39 is 0 Å². The highest BCUT2D eigenvalue weighted by Gasteiger charge is 2.51. The quantitative estimate of drug-likeness (QED) is 0.525. The van der Waals surface area contributed by atoms with E-state index >= 15 is 0 Å². The van der Waals surface area contributed by atoms with E-state index in [1.54, 1.807) is 4.90 Å². The fourth-order valence-corrected chi connectivity index (χ4v) is 7.82. The van der Waals surface area contributed by atoms with Gasteiger partial charge in [0.2, 0.25) is 0 Å². The van der Waals surface area contributed by atoms with E-state index in [0.717, 1.165) is 29.7 Å². The first-order valence-corrected chi connectivity index (χ1v) is 11.8. The van der Waals surface area contributed by atoms with E-state index in [4.69, 9.17) is 12.2 Å². The van der Waals surface area contributed by atoms with Crippen molar-refractivity contribution in [2.75, 3.05) is 6.54 Å². The molecule has 3 nitrogen and oxygen atoms in total. The molecule has 1 amide bonds. The summed E-state index contributed by atoms with van der Waals surface area (Å²) in [5.74, 6) is 2.86. The van der Waals surface area contributed by atoms with Gasteiger partial charge in [0.05, 0.1) is 4.91 Å². The molecule has 5 heteroatoms. The second kappa shape index (κ2) is 6.88. The molecule has 148 valence electrons. The second-order valence-electron chi connectivity index (χ2n) is 9.30. The summed E-state index contributed by atoms with van der Waals surface area (Å²) in [5.41, 5.74) is 2.40. The average Bonchev–Trinajstić information content (AvgIpc) is 2.90. The third-order valence-corrected chi connectivity index (χ3v) is 8.66. The zero-order valence-corrected chi connectivity index (χ0v) is 18.0. The molecule has 0 aromatic heterocycles. The highest BCUT2D eigenvalue weighted by molar-refractivity contribution is 8.26. The third kappa shape index (κ3) is 3.02. The van der Waals surface area contributed by atoms with Crippen molar-refractivity contribution in [3.05, 3.63) is 34.2 Å². The summed E-state index contributed by atoms with van der Waals surface area (Å²) in [6, 6.07) is 6.10. The van der Waals surface area contributed by atoms with Crippen LogP contribution >= 0.6 is 24.0 Å². The number of thiocarbonyl (C=S) groups is 1. The maximum atomic E-state index is 12.7. The zero-order valence-electron chi connectivity index (χ0n) is 16.3. The molecule has 28 heavy (non-hydrogen) atoms. The number of aromatic hydroxyl groups is 1. The van der Waals surface area contributed by atoms with Gasteiger partial charge in [-0.15, -0.1) is 0 Å². The molecule has 0 radical (unpaired) electrons. The van der Waals surface area contributed by atoms with Gasteiger partial charge >= 0.3 is 0 Å². The topological polar surface area (TPSA) is 40.5 Å². The van der Waals surface area contributed by atoms with Gasteiger partial charge in [0.25, 0.3) is 5.91 Å². The van der Waals surface area contributed by atoms with Gasteiger partial charge in [-0.05, 0) is 91.9 Å². The summed E-state index contributed by atoms with van der Waals surface area (Å²) >= 11 is 6.73. The molecule has 1 aromatic rings. The Kier molecular flexibility index (Phi) is 4.59. The molecule has 6 rings (SSSR count). The van der Waals surface area contributed by atoms with Crippen molar-refractivity contribution in [3.8, 4) is 5.75 Å². The fraction of sp³-hybridized carbons (Fsp3) is 0.565. The van der Waals surface area contributed by atoms with E-state index in [2.05, 4.69) is 12.1 Å². The first-order valence-electron chi connectivity index (χ1n) is 10.6. The summed E-state index contributed by atoms with van der Waals surface area (Å²) in [6.45, 7) is 2.70. The number of amides is 1. The summed E-state index contributed by atoms with van der Waals surface area (Å²) < 4.78 is 0.620. The highest BCUT2D eigenvalue weighted by atomic mass is 32.2. The first kappa shape index (κ1) is 18.7. The molecule has 0 unspecified atom stereocenters. The van der Waals surface area contributed by atoms with Crippen LogP contribution in [0.2, 0.25) is 0 Å². The summed E-state index contributed by atoms with van der Waals surface area (Å²) in [6.07, 6.45) is 10.9. The zero-order chi connectivity index (χ0) is 19.5. The normalized spacial score (nSPS) is 35.4. The van der Waals surface area contributed by atoms with Crippen LogP contribution in [-0.2, 0) is 10.2 Å². The lowest BCUT2D eigenvalue weighted by molar-refractivity contribution is -0.122. The molecule has 4 aliphatic carbocycles. The Balaban J connectivity index is 1.48. The van der Waals surface area contributed by atoms with Crippen molar-refractivity contribution in [1.82, 2.24) is 4.90 Å². The van der Waals surface area contributed by atoms with Crippen LogP contribution in [0.5, 0.6) is 5.75 Å². The van der Waals surface area contributed by atoms with Crippen LogP contribution in [0.1, 0.15) is 63.0 Å². The van der Waals surface area contributed by atoms with E-state index in [1.165, 1.54) is 55.9 Å². The number of phenols is 1. The van der Waals surface area contributed by atoms with Crippen molar-refractivity contribution in [2.24, 2.45) is 17.8 Å². The van der Waals surface area contributed by atoms with Crippen molar-refractivity contribution in [3.63, 3.8) is 0 Å². The van der Waals surface area contributed by atoms with E-state index in [1.807, 2.05) is 19.1 Å². The minimum Gasteiger partial charge on any atom is -0.507 e. The average molecular weight is 414 g/mol. The van der Waals surface area contributed by atoms with Gasteiger partial charge in [-0.25, -0.2) is 0 Å². The fourth-order valence-electron chi connectivity index (χ4n) is 6.52. The van der Waals surface area contributed by atoms with Crippen molar-refractivity contribution in [1.29, 1.82) is 0 Å². The molecule has 5 aliphatic rings. The Morgan fingerprint density at radius 2 is 1.86 bits per heavy atom. The number of carbonyl (C=O) groups is 1. The summed E-state index contributed by atoms with van der Waals surface area (Å²) in [7, 11) is 0. The number of carbonyl (C=O) groups excluding carboxylic acids is 1. The molecule has 1 N–H and O–H groups in total. The van der Waals surface area contributed by atoms with Crippen LogP contribution in [0.15, 0.2) is 23.1 Å². The number of benzene rings is 1. The van der Waals surface area contributed by atoms with Gasteiger partial charge in [-0.2, -0.15) is 0 Å². The van der Waals surface area contributed by atoms with Crippen LogP contribution in [0.3, 0.4) is 0 Å². The molecule has 1 saturated heterocycles. The van der Waals surface area contributed by atoms with Gasteiger partial charge in [0.1, 0.15) is 10.1 Å². The van der Waals surface area contributed by atoms with Crippen molar-refractivity contribution in [2.45, 2.75) is 57.3 Å². The van der Waals surface area contributed by atoms with Gasteiger partial charge in [-0.1, -0.05) is 37.0 Å². The Morgan fingerprint density at radius 1 is 1.21 bits per heavy atom. The molecule has 1 aromatic carbocycles. The molecule has 4 saturated carbocycles. The largest absolute Gasteiger partial charge is 0.507 e. The van der Waals surface area contributed by atoms with Crippen molar-refractivity contribution < 1.29 is 9.90 Å². The Bertz CT molecular complexity index is 840. The highest BCUT2D eigenvalue weighted by Crippen LogP contribution is 2.61. The molecule has 5 fully saturated rings. The molecule has 0 spiro atoms. The molecule has 4 bridgehead atoms. The summed E-state index contributed by atoms with van der Waals surface area (Å²) in [4.78, 5) is 15.0. The standard InChI is InChI=1S/C23H27NO2S2/c1-2-5-24-21(26)20(28-22(24)27)10-17-9-18(3-4-19(17)25)23-11-14-6-15(12-23)8-16(7-14)13-23/h3-4,9-10,14-16,25H,2,5-8,11-13H2,1H3/b20-10+. The number of thioether (sulfide) groups is 1. The lowest BCUT2D eigenvalue weighted by Crippen LogP contribution is -2.48. The van der Waals surface area contributed by atoms with Crippen LogP contribution in [0, 0.1) is 17.8 Å². The number of phenolic OH excluding ortho intramolecular Hbond substituents is 1. The van der Waals surface area contributed by atoms with E-state index in [-0.39, 0.29) is 17.1 Å². The number of rotatable bonds is 4. The smallest absolute Gasteiger partial charge is 0.266 e. The maximum absolute atomic E-state index is 12.7. The lowest BCUT2D eigenvalue weighted by atomic mass is 9.48. The second-order valence-corrected chi connectivity index (χ2v) is 11.0. The monoisotopic (exact) mass is 413 g/mol. The van der Waals surface area contributed by atoms with Crippen LogP contribution < -0.4 is 0 Å². The summed E-state index contributed by atoms with van der Waals surface area (Å²) in [5, 5.41) is 10.5. The lowest BCUT2D eigenvalue weighted by Gasteiger charge is -2.57. The van der Waals surface area contributed by atoms with E-state index in [0.29, 0.717) is 15.8 Å². The van der Waals surface area contributed by atoms with Crippen molar-refractivity contribution >= 4 is 40.3 Å². The van der Waals surface area contributed by atoms with Gasteiger partial charge in [0, 0.05) is 12.1 Å². The number of hydrogen-bond acceptors (Lipinski definition) is 4. The van der Waals surface area contributed by atoms with Gasteiger partial charge in [-0.3, -0.25) is 9.69 Å². The Morgan fingerprint density at radius 3 is 2.46 bits per heavy atom. The van der Waals surface area contributed by atoms with Gasteiger partial charge < -0.3 is 5.11 Å². The van der Waals surface area contributed by atoms with Crippen LogP contribution in [0.25, 0.3) is 6.08 Å². The first-order chi connectivity index (χ1) is 13.5. The molecule has 0 atom stereocenters. The minimum absolute atomic E-state index is 0.0311. The molecule has 1 heterocycles. The van der Waals surface area contributed by atoms with E-state index in [9.17, 15) is 9.90 Å². The maximum Gasteiger partial charge on any atom is 0.266 e. The van der Waals surface area contributed by atoms with Gasteiger partial charge in [0.15, 0.2) is 0 Å². The molecular formula is C23H27NO2S2. The minimum atomic E-state index is -0.0311. The number of hydrogen-bond donors (Lipinski definition) is 1. The number of nitrogens with zero attached hydrogens (tertiary/aromatic N) is 1. The SMILES string of the molecule is CCCN1C(=O)/C(=C\c2cc(C34CC5CC(CC(C5)C3)C4)ccc2O)SC1=S.